The number of hydrogen-bond donors (Lipinski definition) is 2. The van der Waals surface area contributed by atoms with E-state index in [0.717, 1.165) is 0 Å². The van der Waals surface area contributed by atoms with E-state index in [2.05, 4.69) is 4.98 Å². The van der Waals surface area contributed by atoms with Crippen LogP contribution in [0.1, 0.15) is 27.9 Å². The Kier molecular flexibility index (Phi) is 2.96. The molecule has 5 heteroatoms. The lowest BCUT2D eigenvalue weighted by molar-refractivity contribution is 0.0697. The van der Waals surface area contributed by atoms with Crippen molar-refractivity contribution in [2.24, 2.45) is 0 Å². The molecule has 1 unspecified atom stereocenters. The van der Waals surface area contributed by atoms with Gasteiger partial charge in [-0.3, -0.25) is 0 Å². The first-order valence-corrected chi connectivity index (χ1v) is 6.02. The molecular formula is C15H11NO4. The van der Waals surface area contributed by atoms with Gasteiger partial charge in [0.1, 0.15) is 5.52 Å². The Balaban J connectivity index is 2.03. The minimum Gasteiger partial charge on any atom is -0.478 e. The molecule has 3 rings (SSSR count). The Hall–Kier alpha value is -2.66. The van der Waals surface area contributed by atoms with Crippen LogP contribution >= 0.6 is 0 Å². The Morgan fingerprint density at radius 2 is 1.90 bits per heavy atom. The van der Waals surface area contributed by atoms with Crippen molar-refractivity contribution in [3.63, 3.8) is 0 Å². The van der Waals surface area contributed by atoms with Crippen molar-refractivity contribution >= 4 is 17.1 Å². The zero-order chi connectivity index (χ0) is 14.1. The van der Waals surface area contributed by atoms with Gasteiger partial charge in [0.25, 0.3) is 0 Å². The summed E-state index contributed by atoms with van der Waals surface area (Å²) in [4.78, 5) is 15.1. The largest absolute Gasteiger partial charge is 0.478 e. The number of benzene rings is 2. The zero-order valence-corrected chi connectivity index (χ0v) is 10.4. The minimum atomic E-state index is -1.03. The van der Waals surface area contributed by atoms with Crippen molar-refractivity contribution in [3.05, 3.63) is 65.5 Å². The third-order valence-corrected chi connectivity index (χ3v) is 3.00. The molecule has 0 radical (unpaired) electrons. The number of carbonyl (C=O) groups is 1. The van der Waals surface area contributed by atoms with Gasteiger partial charge in [-0.1, -0.05) is 30.3 Å². The van der Waals surface area contributed by atoms with Crippen molar-refractivity contribution in [1.29, 1.82) is 0 Å². The van der Waals surface area contributed by atoms with Gasteiger partial charge in [0.05, 0.1) is 5.56 Å². The number of rotatable bonds is 3. The second-order valence-corrected chi connectivity index (χ2v) is 4.35. The summed E-state index contributed by atoms with van der Waals surface area (Å²) in [6.45, 7) is 0. The molecule has 1 atom stereocenters. The number of fused-ring (bicyclic) bond motifs is 1. The van der Waals surface area contributed by atoms with Gasteiger partial charge in [0, 0.05) is 0 Å². The molecule has 0 spiro atoms. The van der Waals surface area contributed by atoms with E-state index in [1.807, 2.05) is 18.2 Å². The molecular weight excluding hydrogens is 258 g/mol. The highest BCUT2D eigenvalue weighted by Gasteiger charge is 2.17. The molecule has 5 nitrogen and oxygen atoms in total. The Labute approximate surface area is 114 Å². The summed E-state index contributed by atoms with van der Waals surface area (Å²) in [7, 11) is 0. The van der Waals surface area contributed by atoms with E-state index in [-0.39, 0.29) is 11.5 Å². The second kappa shape index (κ2) is 4.79. The van der Waals surface area contributed by atoms with E-state index in [0.29, 0.717) is 16.7 Å². The van der Waals surface area contributed by atoms with Gasteiger partial charge in [-0.2, -0.15) is 0 Å². The highest BCUT2D eigenvalue weighted by molar-refractivity contribution is 5.91. The highest BCUT2D eigenvalue weighted by atomic mass is 16.4. The van der Waals surface area contributed by atoms with Crippen LogP contribution in [0.15, 0.2) is 52.9 Å². The maximum absolute atomic E-state index is 10.9. The molecule has 0 aliphatic carbocycles. The number of hydrogen-bond acceptors (Lipinski definition) is 4. The van der Waals surface area contributed by atoms with Gasteiger partial charge in [-0.15, -0.1) is 0 Å². The lowest BCUT2D eigenvalue weighted by atomic mass is 10.1. The fourth-order valence-electron chi connectivity index (χ4n) is 1.97. The van der Waals surface area contributed by atoms with Crippen molar-refractivity contribution in [3.8, 4) is 0 Å². The maximum atomic E-state index is 10.9. The number of carboxylic acid groups (broad SMARTS) is 1. The number of aromatic carboxylic acids is 1. The van der Waals surface area contributed by atoms with Crippen LogP contribution in [0.3, 0.4) is 0 Å². The summed E-state index contributed by atoms with van der Waals surface area (Å²) in [6.07, 6.45) is -0.975. The van der Waals surface area contributed by atoms with Crippen LogP contribution < -0.4 is 0 Å². The van der Waals surface area contributed by atoms with Crippen LogP contribution in [0.2, 0.25) is 0 Å². The summed E-state index contributed by atoms with van der Waals surface area (Å²) < 4.78 is 5.45. The summed E-state index contributed by atoms with van der Waals surface area (Å²) in [5.41, 5.74) is 1.64. The minimum absolute atomic E-state index is 0.120. The summed E-state index contributed by atoms with van der Waals surface area (Å²) in [5.74, 6) is -0.887. The standard InChI is InChI=1S/C15H11NO4/c17-13(9-4-2-1-3-5-9)14-16-11-7-6-10(15(18)19)8-12(11)20-14/h1-8,13,17H,(H,18,19). The van der Waals surface area contributed by atoms with Crippen LogP contribution in [-0.2, 0) is 0 Å². The van der Waals surface area contributed by atoms with Crippen LogP contribution in [0.4, 0.5) is 0 Å². The van der Waals surface area contributed by atoms with Gasteiger partial charge in [-0.05, 0) is 23.8 Å². The van der Waals surface area contributed by atoms with Crippen LogP contribution in [0.25, 0.3) is 11.1 Å². The average Bonchev–Trinajstić information content (AvgIpc) is 2.90. The zero-order valence-electron chi connectivity index (χ0n) is 10.4. The summed E-state index contributed by atoms with van der Waals surface area (Å²) in [5, 5.41) is 19.1. The van der Waals surface area contributed by atoms with Crippen molar-refractivity contribution in [2.45, 2.75) is 6.10 Å². The summed E-state index contributed by atoms with van der Waals surface area (Å²) in [6, 6.07) is 13.4. The van der Waals surface area contributed by atoms with E-state index in [1.54, 1.807) is 18.2 Å². The predicted molar refractivity (Wildman–Crippen MR) is 71.5 cm³/mol. The fourth-order valence-corrected chi connectivity index (χ4v) is 1.97. The van der Waals surface area contributed by atoms with E-state index >= 15 is 0 Å². The number of nitrogens with zero attached hydrogens (tertiary/aromatic N) is 1. The first-order valence-electron chi connectivity index (χ1n) is 6.02. The monoisotopic (exact) mass is 269 g/mol. The van der Waals surface area contributed by atoms with Gasteiger partial charge >= 0.3 is 5.97 Å². The van der Waals surface area contributed by atoms with Crippen molar-refractivity contribution in [2.75, 3.05) is 0 Å². The van der Waals surface area contributed by atoms with E-state index in [4.69, 9.17) is 9.52 Å². The van der Waals surface area contributed by atoms with E-state index in [9.17, 15) is 9.90 Å². The van der Waals surface area contributed by atoms with Gasteiger partial charge < -0.3 is 14.6 Å². The Morgan fingerprint density at radius 3 is 2.60 bits per heavy atom. The molecule has 0 bridgehead atoms. The molecule has 100 valence electrons. The normalized spacial score (nSPS) is 12.4. The molecule has 0 aliphatic rings. The van der Waals surface area contributed by atoms with Crippen molar-refractivity contribution in [1.82, 2.24) is 4.98 Å². The topological polar surface area (TPSA) is 83.6 Å². The number of aliphatic hydroxyl groups excluding tert-OH is 1. The number of oxazole rings is 1. The number of aliphatic hydroxyl groups is 1. The SMILES string of the molecule is O=C(O)c1ccc2nc(C(O)c3ccccc3)oc2c1. The molecule has 20 heavy (non-hydrogen) atoms. The van der Waals surface area contributed by atoms with Crippen molar-refractivity contribution < 1.29 is 19.4 Å². The molecule has 0 fully saturated rings. The fraction of sp³-hybridized carbons (Fsp3) is 0.0667. The molecule has 1 aromatic heterocycles. The van der Waals surface area contributed by atoms with Crippen LogP contribution in [0, 0.1) is 0 Å². The molecule has 2 N–H and O–H groups in total. The molecule has 2 aromatic carbocycles. The molecule has 3 aromatic rings. The summed E-state index contributed by atoms with van der Waals surface area (Å²) >= 11 is 0. The van der Waals surface area contributed by atoms with E-state index < -0.39 is 12.1 Å². The lowest BCUT2D eigenvalue weighted by Gasteiger charge is -2.05. The molecule has 0 saturated heterocycles. The number of aromatic nitrogens is 1. The first kappa shape index (κ1) is 12.4. The first-order chi connectivity index (χ1) is 9.65. The quantitative estimate of drug-likeness (QED) is 0.763. The molecule has 0 aliphatic heterocycles. The van der Waals surface area contributed by atoms with Crippen LogP contribution in [-0.4, -0.2) is 21.2 Å². The molecule has 0 amide bonds. The Morgan fingerprint density at radius 1 is 1.15 bits per heavy atom. The average molecular weight is 269 g/mol. The van der Waals surface area contributed by atoms with Gasteiger partial charge in [0.15, 0.2) is 11.7 Å². The Bertz CT molecular complexity index is 764. The second-order valence-electron chi connectivity index (χ2n) is 4.35. The molecule has 0 saturated carbocycles. The third kappa shape index (κ3) is 2.15. The van der Waals surface area contributed by atoms with E-state index in [1.165, 1.54) is 12.1 Å². The van der Waals surface area contributed by atoms with Crippen LogP contribution in [0.5, 0.6) is 0 Å². The smallest absolute Gasteiger partial charge is 0.335 e. The number of carboxylic acids is 1. The lowest BCUT2D eigenvalue weighted by Crippen LogP contribution is -1.99. The van der Waals surface area contributed by atoms with Gasteiger partial charge in [0.2, 0.25) is 5.89 Å². The third-order valence-electron chi connectivity index (χ3n) is 3.00. The van der Waals surface area contributed by atoms with Gasteiger partial charge in [-0.25, -0.2) is 9.78 Å². The highest BCUT2D eigenvalue weighted by Crippen LogP contribution is 2.25. The predicted octanol–water partition coefficient (Wildman–Crippen LogP) is 2.61. The maximum Gasteiger partial charge on any atom is 0.335 e. The molecule has 1 heterocycles.